The van der Waals surface area contributed by atoms with E-state index < -0.39 is 0 Å². The molecule has 0 unspecified atom stereocenters. The highest BCUT2D eigenvalue weighted by atomic mass is 16.5. The highest BCUT2D eigenvalue weighted by Crippen LogP contribution is 2.48. The largest absolute Gasteiger partial charge is 0.309 e. The lowest BCUT2D eigenvalue weighted by atomic mass is 9.74. The highest BCUT2D eigenvalue weighted by Gasteiger charge is 2.36. The Morgan fingerprint density at radius 3 is 1.90 bits per heavy atom. The average molecular weight is 390 g/mol. The monoisotopic (exact) mass is 390 g/mol. The molecule has 1 aliphatic rings. The Kier molecular flexibility index (Phi) is 3.45. The fourth-order valence-corrected chi connectivity index (χ4v) is 5.01. The topological polar surface area (TPSA) is 28.4 Å². The molecule has 3 heteroatoms. The van der Waals surface area contributed by atoms with E-state index in [1.54, 1.807) is 0 Å². The number of nitrogens with zero attached hydrogens (tertiary/aromatic N) is 2. The Labute approximate surface area is 175 Å². The summed E-state index contributed by atoms with van der Waals surface area (Å²) >= 11 is 0. The maximum atomic E-state index is 10.9. The van der Waals surface area contributed by atoms with Gasteiger partial charge in [0.05, 0.1) is 22.4 Å². The van der Waals surface area contributed by atoms with Crippen molar-refractivity contribution < 1.29 is 5.21 Å². The molecule has 30 heavy (non-hydrogen) atoms. The lowest BCUT2D eigenvalue weighted by molar-refractivity contribution is 0.293. The number of benzene rings is 4. The van der Waals surface area contributed by atoms with Crippen LogP contribution in [0.3, 0.4) is 0 Å². The Morgan fingerprint density at radius 1 is 0.633 bits per heavy atom. The third-order valence-corrected chi connectivity index (χ3v) is 6.53. The minimum absolute atomic E-state index is 0.222. The van der Waals surface area contributed by atoms with Gasteiger partial charge in [-0.3, -0.25) is 5.21 Å². The van der Waals surface area contributed by atoms with Crippen LogP contribution in [-0.2, 0) is 5.41 Å². The molecule has 4 aromatic carbocycles. The van der Waals surface area contributed by atoms with E-state index in [1.165, 1.54) is 26.9 Å². The van der Waals surface area contributed by atoms with Crippen molar-refractivity contribution in [3.63, 3.8) is 0 Å². The Hall–Kier alpha value is -3.56. The minimum Gasteiger partial charge on any atom is -0.309 e. The average Bonchev–Trinajstić information content (AvgIpc) is 3.12. The molecule has 5 aromatic rings. The first kappa shape index (κ1) is 17.3. The maximum Gasteiger partial charge on any atom is 0.0735 e. The van der Waals surface area contributed by atoms with Crippen LogP contribution in [0, 0.1) is 0 Å². The summed E-state index contributed by atoms with van der Waals surface area (Å²) in [6.45, 7) is 4.46. The molecule has 146 valence electrons. The van der Waals surface area contributed by atoms with Gasteiger partial charge in [0.25, 0.3) is 0 Å². The molecule has 0 radical (unpaired) electrons. The van der Waals surface area contributed by atoms with Crippen molar-refractivity contribution in [3.8, 4) is 5.69 Å². The van der Waals surface area contributed by atoms with Gasteiger partial charge in [-0.15, -0.1) is 0 Å². The normalized spacial score (nSPS) is 14.7. The molecule has 1 aliphatic heterocycles. The first-order valence-electron chi connectivity index (χ1n) is 10.3. The lowest BCUT2D eigenvalue weighted by Gasteiger charge is -2.39. The van der Waals surface area contributed by atoms with Gasteiger partial charge in [-0.1, -0.05) is 68.4 Å². The molecule has 0 bridgehead atoms. The van der Waals surface area contributed by atoms with E-state index in [0.717, 1.165) is 28.2 Å². The molecular formula is C27H22N2O. The van der Waals surface area contributed by atoms with Crippen molar-refractivity contribution in [2.75, 3.05) is 5.06 Å². The van der Waals surface area contributed by atoms with Crippen LogP contribution in [0.15, 0.2) is 91.0 Å². The molecule has 6 rings (SSSR count). The Balaban J connectivity index is 1.65. The first-order valence-corrected chi connectivity index (χ1v) is 10.3. The second-order valence-electron chi connectivity index (χ2n) is 8.53. The van der Waals surface area contributed by atoms with Crippen molar-refractivity contribution in [1.82, 2.24) is 4.57 Å². The van der Waals surface area contributed by atoms with E-state index in [4.69, 9.17) is 0 Å². The SMILES string of the molecule is CC1(C)c2ccccc2N(O)c2ccc(-n3c4ccccc4c4ccccc43)cc21. The van der Waals surface area contributed by atoms with Gasteiger partial charge < -0.3 is 4.57 Å². The second-order valence-corrected chi connectivity index (χ2v) is 8.53. The van der Waals surface area contributed by atoms with Gasteiger partial charge in [0.15, 0.2) is 0 Å². The molecule has 0 saturated carbocycles. The summed E-state index contributed by atoms with van der Waals surface area (Å²) in [5.74, 6) is 0. The summed E-state index contributed by atoms with van der Waals surface area (Å²) in [4.78, 5) is 0. The van der Waals surface area contributed by atoms with Gasteiger partial charge in [0, 0.05) is 21.9 Å². The van der Waals surface area contributed by atoms with E-state index in [1.807, 2.05) is 24.3 Å². The second kappa shape index (κ2) is 5.97. The van der Waals surface area contributed by atoms with Crippen LogP contribution in [0.5, 0.6) is 0 Å². The summed E-state index contributed by atoms with van der Waals surface area (Å²) in [6, 6.07) is 31.5. The van der Waals surface area contributed by atoms with Crippen LogP contribution in [0.2, 0.25) is 0 Å². The van der Waals surface area contributed by atoms with Crippen molar-refractivity contribution >= 4 is 33.2 Å². The van der Waals surface area contributed by atoms with Gasteiger partial charge in [0.1, 0.15) is 0 Å². The van der Waals surface area contributed by atoms with Crippen molar-refractivity contribution in [2.45, 2.75) is 19.3 Å². The highest BCUT2D eigenvalue weighted by molar-refractivity contribution is 6.09. The Bertz CT molecular complexity index is 1390. The number of para-hydroxylation sites is 3. The fraction of sp³-hybridized carbons (Fsp3) is 0.111. The fourth-order valence-electron chi connectivity index (χ4n) is 5.01. The zero-order chi connectivity index (χ0) is 20.5. The first-order chi connectivity index (χ1) is 14.6. The lowest BCUT2D eigenvalue weighted by Crippen LogP contribution is -2.31. The van der Waals surface area contributed by atoms with Gasteiger partial charge >= 0.3 is 0 Å². The Morgan fingerprint density at radius 2 is 1.20 bits per heavy atom. The van der Waals surface area contributed by atoms with Crippen LogP contribution in [0.25, 0.3) is 27.5 Å². The summed E-state index contributed by atoms with van der Waals surface area (Å²) in [5.41, 5.74) is 7.18. The van der Waals surface area contributed by atoms with Gasteiger partial charge in [-0.2, -0.15) is 0 Å². The third-order valence-electron chi connectivity index (χ3n) is 6.53. The molecule has 0 fully saturated rings. The predicted molar refractivity (Wildman–Crippen MR) is 123 cm³/mol. The zero-order valence-corrected chi connectivity index (χ0v) is 17.0. The number of anilines is 2. The van der Waals surface area contributed by atoms with Crippen LogP contribution in [0.1, 0.15) is 25.0 Å². The predicted octanol–water partition coefficient (Wildman–Crippen LogP) is 6.95. The van der Waals surface area contributed by atoms with Crippen LogP contribution >= 0.6 is 0 Å². The van der Waals surface area contributed by atoms with Gasteiger partial charge in [-0.05, 0) is 47.5 Å². The van der Waals surface area contributed by atoms with Crippen molar-refractivity contribution in [2.24, 2.45) is 0 Å². The number of fused-ring (bicyclic) bond motifs is 5. The molecule has 0 saturated heterocycles. The van der Waals surface area contributed by atoms with Crippen LogP contribution in [-0.4, -0.2) is 9.77 Å². The molecule has 1 aromatic heterocycles. The molecule has 1 N–H and O–H groups in total. The van der Waals surface area contributed by atoms with Crippen LogP contribution < -0.4 is 5.06 Å². The van der Waals surface area contributed by atoms with Crippen molar-refractivity contribution in [1.29, 1.82) is 0 Å². The third kappa shape index (κ3) is 2.18. The molecule has 2 heterocycles. The maximum absolute atomic E-state index is 10.9. The molecule has 0 amide bonds. The summed E-state index contributed by atoms with van der Waals surface area (Å²) < 4.78 is 2.32. The smallest absolute Gasteiger partial charge is 0.0735 e. The van der Waals surface area contributed by atoms with E-state index in [2.05, 4.69) is 85.1 Å². The van der Waals surface area contributed by atoms with Gasteiger partial charge in [0.2, 0.25) is 0 Å². The van der Waals surface area contributed by atoms with E-state index in [9.17, 15) is 5.21 Å². The number of rotatable bonds is 1. The summed E-state index contributed by atoms with van der Waals surface area (Å²) in [7, 11) is 0. The standard InChI is InChI=1S/C27H22N2O/c1-27(2)21-11-5-8-14-25(21)29(30)26-16-15-18(17-22(26)27)28-23-12-6-3-9-19(23)20-10-4-7-13-24(20)28/h3-17,30H,1-2H3. The van der Waals surface area contributed by atoms with Crippen molar-refractivity contribution in [3.05, 3.63) is 102 Å². The molecule has 0 atom stereocenters. The van der Waals surface area contributed by atoms with E-state index in [0.29, 0.717) is 0 Å². The molecule has 0 aliphatic carbocycles. The summed E-state index contributed by atoms with van der Waals surface area (Å²) in [5, 5.41) is 14.8. The van der Waals surface area contributed by atoms with Crippen LogP contribution in [0.4, 0.5) is 11.4 Å². The van der Waals surface area contributed by atoms with Gasteiger partial charge in [-0.25, -0.2) is 5.06 Å². The minimum atomic E-state index is -0.222. The summed E-state index contributed by atoms with van der Waals surface area (Å²) in [6.07, 6.45) is 0. The molecular weight excluding hydrogens is 368 g/mol. The molecule has 3 nitrogen and oxygen atoms in total. The quantitative estimate of drug-likeness (QED) is 0.335. The number of hydrogen-bond acceptors (Lipinski definition) is 2. The van der Waals surface area contributed by atoms with E-state index in [-0.39, 0.29) is 5.41 Å². The van der Waals surface area contributed by atoms with E-state index >= 15 is 0 Å². The number of aromatic nitrogens is 1. The number of hydrogen-bond donors (Lipinski definition) is 1. The molecule has 0 spiro atoms. The zero-order valence-electron chi connectivity index (χ0n) is 17.0.